The Balaban J connectivity index is 4.22. The van der Waals surface area contributed by atoms with Gasteiger partial charge >= 0.3 is 0 Å². The van der Waals surface area contributed by atoms with Gasteiger partial charge in [0.05, 0.1) is 5.60 Å². The summed E-state index contributed by atoms with van der Waals surface area (Å²) in [7, 11) is 0. The highest BCUT2D eigenvalue weighted by atomic mass is 16.3. The minimum atomic E-state index is -0.751. The van der Waals surface area contributed by atoms with E-state index < -0.39 is 5.60 Å². The van der Waals surface area contributed by atoms with E-state index in [1.807, 2.05) is 34.6 Å². The van der Waals surface area contributed by atoms with Gasteiger partial charge in [0.2, 0.25) is 5.91 Å². The zero-order valence-corrected chi connectivity index (χ0v) is 10.7. The second kappa shape index (κ2) is 5.50. The molecule has 0 fully saturated rings. The van der Waals surface area contributed by atoms with Crippen molar-refractivity contribution in [3.63, 3.8) is 0 Å². The van der Waals surface area contributed by atoms with E-state index in [0.29, 0.717) is 19.4 Å². The van der Waals surface area contributed by atoms with Gasteiger partial charge in [0.15, 0.2) is 0 Å². The number of carbonyl (C=O) groups excluding carboxylic acids is 1. The minimum Gasteiger partial charge on any atom is -0.388 e. The van der Waals surface area contributed by atoms with E-state index in [9.17, 15) is 9.90 Å². The van der Waals surface area contributed by atoms with Crippen LogP contribution in [0.1, 0.15) is 53.9 Å². The Kier molecular flexibility index (Phi) is 5.29. The van der Waals surface area contributed by atoms with Crippen LogP contribution in [-0.2, 0) is 4.79 Å². The molecule has 0 rings (SSSR count). The zero-order chi connectivity index (χ0) is 12.1. The minimum absolute atomic E-state index is 0.0188. The van der Waals surface area contributed by atoms with Gasteiger partial charge < -0.3 is 10.4 Å². The standard InChI is InChI=1S/C12H25NO2/c1-6-11(4,5)10(14)13-9-12(15,7-2)8-3/h15H,6-9H2,1-5H3,(H,13,14). The van der Waals surface area contributed by atoms with Gasteiger partial charge in [-0.2, -0.15) is 0 Å². The maximum Gasteiger partial charge on any atom is 0.225 e. The van der Waals surface area contributed by atoms with Gasteiger partial charge in [-0.25, -0.2) is 0 Å². The van der Waals surface area contributed by atoms with Crippen molar-refractivity contribution in [2.24, 2.45) is 5.41 Å². The first kappa shape index (κ1) is 14.4. The van der Waals surface area contributed by atoms with Crippen LogP contribution in [-0.4, -0.2) is 23.2 Å². The van der Waals surface area contributed by atoms with Crippen molar-refractivity contribution in [2.75, 3.05) is 6.54 Å². The molecule has 0 aliphatic rings. The lowest BCUT2D eigenvalue weighted by atomic mass is 9.88. The summed E-state index contributed by atoms with van der Waals surface area (Å²) in [5, 5.41) is 12.8. The molecular weight excluding hydrogens is 190 g/mol. The van der Waals surface area contributed by atoms with E-state index in [1.165, 1.54) is 0 Å². The molecular formula is C12H25NO2. The van der Waals surface area contributed by atoms with Crippen molar-refractivity contribution < 1.29 is 9.90 Å². The molecule has 0 atom stereocenters. The Morgan fingerprint density at radius 2 is 1.60 bits per heavy atom. The van der Waals surface area contributed by atoms with E-state index in [2.05, 4.69) is 5.32 Å². The highest BCUT2D eigenvalue weighted by molar-refractivity contribution is 5.81. The molecule has 0 saturated heterocycles. The molecule has 0 aromatic heterocycles. The van der Waals surface area contributed by atoms with Crippen molar-refractivity contribution >= 4 is 5.91 Å². The van der Waals surface area contributed by atoms with E-state index in [0.717, 1.165) is 6.42 Å². The van der Waals surface area contributed by atoms with E-state index in [1.54, 1.807) is 0 Å². The van der Waals surface area contributed by atoms with Crippen LogP contribution in [0.3, 0.4) is 0 Å². The molecule has 0 aliphatic carbocycles. The Labute approximate surface area is 93.3 Å². The molecule has 2 N–H and O–H groups in total. The smallest absolute Gasteiger partial charge is 0.225 e. The molecule has 0 saturated carbocycles. The van der Waals surface area contributed by atoms with Crippen molar-refractivity contribution in [2.45, 2.75) is 59.5 Å². The topological polar surface area (TPSA) is 49.3 Å². The van der Waals surface area contributed by atoms with Gasteiger partial charge in [-0.05, 0) is 19.3 Å². The number of nitrogens with one attached hydrogen (secondary N) is 1. The zero-order valence-electron chi connectivity index (χ0n) is 10.7. The van der Waals surface area contributed by atoms with Gasteiger partial charge in [-0.1, -0.05) is 34.6 Å². The lowest BCUT2D eigenvalue weighted by Crippen LogP contribution is -2.46. The maximum atomic E-state index is 11.8. The lowest BCUT2D eigenvalue weighted by molar-refractivity contribution is -0.130. The summed E-state index contributed by atoms with van der Waals surface area (Å²) in [6.07, 6.45) is 2.13. The molecule has 3 nitrogen and oxygen atoms in total. The van der Waals surface area contributed by atoms with Crippen LogP contribution < -0.4 is 5.32 Å². The summed E-state index contributed by atoms with van der Waals surface area (Å²) < 4.78 is 0. The SMILES string of the molecule is CCC(O)(CC)CNC(=O)C(C)(C)CC. The summed E-state index contributed by atoms with van der Waals surface area (Å²) in [6.45, 7) is 10.0. The third-order valence-corrected chi connectivity index (χ3v) is 3.39. The summed E-state index contributed by atoms with van der Waals surface area (Å²) in [6, 6.07) is 0. The molecule has 1 amide bonds. The Morgan fingerprint density at radius 1 is 1.13 bits per heavy atom. The summed E-state index contributed by atoms with van der Waals surface area (Å²) in [5.74, 6) is 0.0188. The summed E-state index contributed by atoms with van der Waals surface area (Å²) in [5.41, 5.74) is -1.10. The van der Waals surface area contributed by atoms with Crippen LogP contribution in [0.2, 0.25) is 0 Å². The Morgan fingerprint density at radius 3 is 1.93 bits per heavy atom. The first-order valence-electron chi connectivity index (χ1n) is 5.82. The number of rotatable bonds is 6. The molecule has 0 unspecified atom stereocenters. The summed E-state index contributed by atoms with van der Waals surface area (Å²) >= 11 is 0. The van der Waals surface area contributed by atoms with E-state index in [4.69, 9.17) is 0 Å². The van der Waals surface area contributed by atoms with Crippen LogP contribution in [0.5, 0.6) is 0 Å². The molecule has 0 aromatic rings. The van der Waals surface area contributed by atoms with Crippen molar-refractivity contribution in [3.8, 4) is 0 Å². The van der Waals surface area contributed by atoms with Crippen LogP contribution in [0.4, 0.5) is 0 Å². The Hall–Kier alpha value is -0.570. The molecule has 0 aromatic carbocycles. The number of amides is 1. The lowest BCUT2D eigenvalue weighted by Gasteiger charge is -2.28. The fourth-order valence-electron chi connectivity index (χ4n) is 1.14. The predicted molar refractivity (Wildman–Crippen MR) is 62.6 cm³/mol. The van der Waals surface area contributed by atoms with Crippen molar-refractivity contribution in [1.82, 2.24) is 5.32 Å². The molecule has 15 heavy (non-hydrogen) atoms. The van der Waals surface area contributed by atoms with Crippen LogP contribution in [0, 0.1) is 5.41 Å². The third-order valence-electron chi connectivity index (χ3n) is 3.39. The molecule has 0 aliphatic heterocycles. The Bertz CT molecular complexity index is 208. The van der Waals surface area contributed by atoms with Gasteiger partial charge in [-0.3, -0.25) is 4.79 Å². The maximum absolute atomic E-state index is 11.8. The third kappa shape index (κ3) is 4.20. The normalized spacial score (nSPS) is 12.7. The van der Waals surface area contributed by atoms with Crippen molar-refractivity contribution in [3.05, 3.63) is 0 Å². The monoisotopic (exact) mass is 215 g/mol. The largest absolute Gasteiger partial charge is 0.388 e. The molecule has 0 bridgehead atoms. The fourth-order valence-corrected chi connectivity index (χ4v) is 1.14. The van der Waals surface area contributed by atoms with Crippen LogP contribution >= 0.6 is 0 Å². The quantitative estimate of drug-likeness (QED) is 0.713. The average molecular weight is 215 g/mol. The predicted octanol–water partition coefficient (Wildman–Crippen LogP) is 2.09. The van der Waals surface area contributed by atoms with Gasteiger partial charge in [0.25, 0.3) is 0 Å². The summed E-state index contributed by atoms with van der Waals surface area (Å²) in [4.78, 5) is 11.8. The molecule has 0 radical (unpaired) electrons. The van der Waals surface area contributed by atoms with E-state index >= 15 is 0 Å². The fraction of sp³-hybridized carbons (Fsp3) is 0.917. The second-order valence-electron chi connectivity index (χ2n) is 4.85. The number of hydrogen-bond donors (Lipinski definition) is 2. The van der Waals surface area contributed by atoms with E-state index in [-0.39, 0.29) is 11.3 Å². The molecule has 0 spiro atoms. The number of hydrogen-bond acceptors (Lipinski definition) is 2. The average Bonchev–Trinajstić information content (AvgIpc) is 2.25. The van der Waals surface area contributed by atoms with Crippen LogP contribution in [0.25, 0.3) is 0 Å². The van der Waals surface area contributed by atoms with Gasteiger partial charge in [0, 0.05) is 12.0 Å². The van der Waals surface area contributed by atoms with Crippen molar-refractivity contribution in [1.29, 1.82) is 0 Å². The highest BCUT2D eigenvalue weighted by Gasteiger charge is 2.28. The number of carbonyl (C=O) groups is 1. The first-order valence-corrected chi connectivity index (χ1v) is 5.82. The van der Waals surface area contributed by atoms with Gasteiger partial charge in [0.1, 0.15) is 0 Å². The van der Waals surface area contributed by atoms with Gasteiger partial charge in [-0.15, -0.1) is 0 Å². The highest BCUT2D eigenvalue weighted by Crippen LogP contribution is 2.20. The second-order valence-corrected chi connectivity index (χ2v) is 4.85. The molecule has 90 valence electrons. The molecule has 0 heterocycles. The molecule has 3 heteroatoms. The first-order chi connectivity index (χ1) is 6.81. The van der Waals surface area contributed by atoms with Crippen LogP contribution in [0.15, 0.2) is 0 Å². The number of aliphatic hydroxyl groups is 1.